The van der Waals surface area contributed by atoms with Gasteiger partial charge in [-0.15, -0.1) is 0 Å². The van der Waals surface area contributed by atoms with Crippen LogP contribution in [0.2, 0.25) is 0 Å². The lowest BCUT2D eigenvalue weighted by Crippen LogP contribution is -2.37. The second-order valence-electron chi connectivity index (χ2n) is 6.04. The van der Waals surface area contributed by atoms with Crippen molar-refractivity contribution in [3.05, 3.63) is 0 Å². The molecule has 2 nitrogen and oxygen atoms in total. The number of rotatable bonds is 2. The first-order valence-corrected chi connectivity index (χ1v) is 6.91. The van der Waals surface area contributed by atoms with Crippen LogP contribution in [0.4, 0.5) is 0 Å². The summed E-state index contributed by atoms with van der Waals surface area (Å²) >= 11 is 0. The van der Waals surface area contributed by atoms with E-state index in [1.165, 1.54) is 6.42 Å². The van der Waals surface area contributed by atoms with Crippen molar-refractivity contribution in [3.8, 4) is 0 Å². The SMILES string of the molecule is CC1CC(C)CC(C(=O)C2CCNCC2)C1. The summed E-state index contributed by atoms with van der Waals surface area (Å²) in [7, 11) is 0. The van der Waals surface area contributed by atoms with Crippen LogP contribution in [0.5, 0.6) is 0 Å². The number of carbonyl (C=O) groups is 1. The molecule has 2 heteroatoms. The minimum atomic E-state index is 0.365. The van der Waals surface area contributed by atoms with E-state index in [4.69, 9.17) is 0 Å². The molecule has 0 bridgehead atoms. The van der Waals surface area contributed by atoms with Crippen LogP contribution in [0.3, 0.4) is 0 Å². The molecule has 1 N–H and O–H groups in total. The quantitative estimate of drug-likeness (QED) is 0.779. The highest BCUT2D eigenvalue weighted by Crippen LogP contribution is 2.35. The number of carbonyl (C=O) groups excluding carboxylic acids is 1. The molecule has 0 amide bonds. The Kier molecular flexibility index (Phi) is 4.01. The summed E-state index contributed by atoms with van der Waals surface area (Å²) in [4.78, 5) is 12.4. The average molecular weight is 223 g/mol. The largest absolute Gasteiger partial charge is 0.317 e. The van der Waals surface area contributed by atoms with Crippen LogP contribution in [-0.4, -0.2) is 18.9 Å². The molecule has 1 saturated heterocycles. The molecule has 0 aromatic heterocycles. The van der Waals surface area contributed by atoms with Gasteiger partial charge in [-0.05, 0) is 57.0 Å². The van der Waals surface area contributed by atoms with Crippen LogP contribution < -0.4 is 5.32 Å². The first kappa shape index (κ1) is 12.1. The van der Waals surface area contributed by atoms with E-state index >= 15 is 0 Å². The second kappa shape index (κ2) is 5.31. The molecular formula is C14H25NO. The summed E-state index contributed by atoms with van der Waals surface area (Å²) in [5.41, 5.74) is 0. The molecule has 2 fully saturated rings. The topological polar surface area (TPSA) is 29.1 Å². The summed E-state index contributed by atoms with van der Waals surface area (Å²) < 4.78 is 0. The van der Waals surface area contributed by atoms with E-state index in [9.17, 15) is 4.79 Å². The lowest BCUT2D eigenvalue weighted by molar-refractivity contribution is -0.129. The van der Waals surface area contributed by atoms with Gasteiger partial charge in [0.15, 0.2) is 0 Å². The fourth-order valence-electron chi connectivity index (χ4n) is 3.62. The predicted octanol–water partition coefficient (Wildman–Crippen LogP) is 2.63. The van der Waals surface area contributed by atoms with Crippen molar-refractivity contribution < 1.29 is 4.79 Å². The number of nitrogens with one attached hydrogen (secondary N) is 1. The van der Waals surface area contributed by atoms with Gasteiger partial charge in [-0.2, -0.15) is 0 Å². The van der Waals surface area contributed by atoms with E-state index in [1.807, 2.05) is 0 Å². The minimum absolute atomic E-state index is 0.365. The van der Waals surface area contributed by atoms with Crippen molar-refractivity contribution in [1.82, 2.24) is 5.32 Å². The molecule has 2 aliphatic rings. The fourth-order valence-corrected chi connectivity index (χ4v) is 3.62. The molecular weight excluding hydrogens is 198 g/mol. The monoisotopic (exact) mass is 223 g/mol. The molecule has 0 aromatic carbocycles. The Bertz CT molecular complexity index is 235. The van der Waals surface area contributed by atoms with E-state index in [2.05, 4.69) is 19.2 Å². The van der Waals surface area contributed by atoms with Crippen LogP contribution in [0.25, 0.3) is 0 Å². The van der Waals surface area contributed by atoms with Gasteiger partial charge in [0.25, 0.3) is 0 Å². The number of hydrogen-bond donors (Lipinski definition) is 1. The molecule has 92 valence electrons. The maximum atomic E-state index is 12.4. The summed E-state index contributed by atoms with van der Waals surface area (Å²) in [6.45, 7) is 6.68. The summed E-state index contributed by atoms with van der Waals surface area (Å²) in [6, 6.07) is 0. The zero-order valence-corrected chi connectivity index (χ0v) is 10.7. The average Bonchev–Trinajstić information content (AvgIpc) is 2.28. The molecule has 1 heterocycles. The van der Waals surface area contributed by atoms with E-state index in [0.717, 1.165) is 50.6 Å². The van der Waals surface area contributed by atoms with Crippen molar-refractivity contribution in [1.29, 1.82) is 0 Å². The number of piperidine rings is 1. The highest BCUT2D eigenvalue weighted by Gasteiger charge is 2.33. The molecule has 2 unspecified atom stereocenters. The highest BCUT2D eigenvalue weighted by atomic mass is 16.1. The first-order valence-electron chi connectivity index (χ1n) is 6.91. The summed E-state index contributed by atoms with van der Waals surface area (Å²) in [6.07, 6.45) is 5.74. The van der Waals surface area contributed by atoms with E-state index < -0.39 is 0 Å². The Morgan fingerprint density at radius 3 is 2.06 bits per heavy atom. The van der Waals surface area contributed by atoms with Gasteiger partial charge in [0.05, 0.1) is 0 Å². The maximum Gasteiger partial charge on any atom is 0.139 e. The maximum absolute atomic E-state index is 12.4. The van der Waals surface area contributed by atoms with Gasteiger partial charge in [0.2, 0.25) is 0 Å². The van der Waals surface area contributed by atoms with Crippen LogP contribution in [0, 0.1) is 23.7 Å². The van der Waals surface area contributed by atoms with Gasteiger partial charge < -0.3 is 5.32 Å². The lowest BCUT2D eigenvalue weighted by Gasteiger charge is -2.33. The third-order valence-electron chi connectivity index (χ3n) is 4.32. The molecule has 16 heavy (non-hydrogen) atoms. The standard InChI is InChI=1S/C14H25NO/c1-10-7-11(2)9-13(8-10)14(16)12-3-5-15-6-4-12/h10-13,15H,3-9H2,1-2H3. The molecule has 2 rings (SSSR count). The van der Waals surface area contributed by atoms with Crippen molar-refractivity contribution in [2.45, 2.75) is 46.0 Å². The van der Waals surface area contributed by atoms with Crippen molar-refractivity contribution in [2.75, 3.05) is 13.1 Å². The predicted molar refractivity (Wildman–Crippen MR) is 66.3 cm³/mol. The number of Topliss-reactive ketones (excluding diaryl/α,β-unsaturated/α-hetero) is 1. The highest BCUT2D eigenvalue weighted by molar-refractivity contribution is 5.83. The van der Waals surface area contributed by atoms with E-state index in [1.54, 1.807) is 0 Å². The Morgan fingerprint density at radius 1 is 0.938 bits per heavy atom. The zero-order chi connectivity index (χ0) is 11.5. The van der Waals surface area contributed by atoms with Crippen LogP contribution >= 0.6 is 0 Å². The number of hydrogen-bond acceptors (Lipinski definition) is 2. The lowest BCUT2D eigenvalue weighted by atomic mass is 9.72. The van der Waals surface area contributed by atoms with Gasteiger partial charge in [0, 0.05) is 11.8 Å². The fraction of sp³-hybridized carbons (Fsp3) is 0.929. The summed E-state index contributed by atoms with van der Waals surface area (Å²) in [5, 5.41) is 3.34. The van der Waals surface area contributed by atoms with Gasteiger partial charge >= 0.3 is 0 Å². The molecule has 1 aliphatic heterocycles. The van der Waals surface area contributed by atoms with E-state index in [-0.39, 0.29) is 0 Å². The molecule has 0 radical (unpaired) electrons. The number of ketones is 1. The molecule has 0 spiro atoms. The van der Waals surface area contributed by atoms with Gasteiger partial charge in [0.1, 0.15) is 5.78 Å². The van der Waals surface area contributed by atoms with Crippen LogP contribution in [0.1, 0.15) is 46.0 Å². The van der Waals surface area contributed by atoms with Crippen LogP contribution in [0.15, 0.2) is 0 Å². The molecule has 1 aliphatic carbocycles. The third kappa shape index (κ3) is 2.85. The molecule has 2 atom stereocenters. The minimum Gasteiger partial charge on any atom is -0.317 e. The molecule has 1 saturated carbocycles. The van der Waals surface area contributed by atoms with Crippen molar-refractivity contribution in [3.63, 3.8) is 0 Å². The van der Waals surface area contributed by atoms with Gasteiger partial charge in [-0.25, -0.2) is 0 Å². The molecule has 0 aromatic rings. The summed E-state index contributed by atoms with van der Waals surface area (Å²) in [5.74, 6) is 2.82. The van der Waals surface area contributed by atoms with Gasteiger partial charge in [-0.1, -0.05) is 13.8 Å². The second-order valence-corrected chi connectivity index (χ2v) is 6.04. The Morgan fingerprint density at radius 2 is 1.50 bits per heavy atom. The smallest absolute Gasteiger partial charge is 0.139 e. The van der Waals surface area contributed by atoms with E-state index in [0.29, 0.717) is 17.6 Å². The Labute approximate surface area is 99.2 Å². The third-order valence-corrected chi connectivity index (χ3v) is 4.32. The van der Waals surface area contributed by atoms with Crippen molar-refractivity contribution >= 4 is 5.78 Å². The van der Waals surface area contributed by atoms with Crippen LogP contribution in [-0.2, 0) is 4.79 Å². The Hall–Kier alpha value is -0.370. The first-order chi connectivity index (χ1) is 7.66. The van der Waals surface area contributed by atoms with Crippen molar-refractivity contribution in [2.24, 2.45) is 23.7 Å². The Balaban J connectivity index is 1.92. The zero-order valence-electron chi connectivity index (χ0n) is 10.7. The normalized spacial score (nSPS) is 37.2. The van der Waals surface area contributed by atoms with Gasteiger partial charge in [-0.3, -0.25) is 4.79 Å².